The molecule has 3 aromatic carbocycles. The van der Waals surface area contributed by atoms with Crippen molar-refractivity contribution in [2.75, 3.05) is 51.5 Å². The first kappa shape index (κ1) is 24.3. The van der Waals surface area contributed by atoms with E-state index < -0.39 is 0 Å². The first-order chi connectivity index (χ1) is 17.8. The lowest BCUT2D eigenvalue weighted by Crippen LogP contribution is -2.38. The van der Waals surface area contributed by atoms with Gasteiger partial charge >= 0.3 is 0 Å². The van der Waals surface area contributed by atoms with E-state index >= 15 is 0 Å². The highest BCUT2D eigenvalue weighted by molar-refractivity contribution is 5.78. The summed E-state index contributed by atoms with van der Waals surface area (Å²) in [6.07, 6.45) is 1.86. The maximum absolute atomic E-state index is 6.03. The third-order valence-electron chi connectivity index (χ3n) is 6.59. The first-order valence-electron chi connectivity index (χ1n) is 12.5. The number of nitrogens with zero attached hydrogens (tertiary/aromatic N) is 3. The van der Waals surface area contributed by atoms with Crippen molar-refractivity contribution < 1.29 is 14.2 Å². The van der Waals surface area contributed by atoms with Crippen molar-refractivity contribution in [3.8, 4) is 5.75 Å². The molecule has 4 aromatic rings. The molecule has 1 aliphatic heterocycles. The predicted octanol–water partition coefficient (Wildman–Crippen LogP) is 4.63. The van der Waals surface area contributed by atoms with Crippen molar-refractivity contribution in [2.45, 2.75) is 19.7 Å². The number of nitrogens with one attached hydrogen (secondary N) is 1. The molecule has 1 aromatic heterocycles. The predicted molar refractivity (Wildman–Crippen MR) is 142 cm³/mol. The number of fused-ring (bicyclic) bond motifs is 1. The molecular formula is C29H34N4O3. The fourth-order valence-electron chi connectivity index (χ4n) is 4.58. The van der Waals surface area contributed by atoms with Gasteiger partial charge in [0.25, 0.3) is 0 Å². The maximum atomic E-state index is 6.03. The summed E-state index contributed by atoms with van der Waals surface area (Å²) in [6, 6.07) is 23.4. The lowest BCUT2D eigenvalue weighted by molar-refractivity contribution is 0.0180. The number of aromatic amines is 1. The summed E-state index contributed by atoms with van der Waals surface area (Å²) in [5.41, 5.74) is 5.81. The molecule has 5 rings (SSSR count). The molecule has 0 saturated carbocycles. The van der Waals surface area contributed by atoms with Crippen LogP contribution < -0.4 is 9.64 Å². The van der Waals surface area contributed by atoms with E-state index in [0.29, 0.717) is 6.61 Å². The van der Waals surface area contributed by atoms with Crippen LogP contribution in [0.4, 0.5) is 5.69 Å². The SMILES string of the molecule is COc1cccc(CN(Cc2ccc3cn[nH]c3c2)c2cccc(COCCN3CCOCC3)c2)c1. The van der Waals surface area contributed by atoms with E-state index in [4.69, 9.17) is 14.2 Å². The van der Waals surface area contributed by atoms with E-state index in [1.165, 1.54) is 16.7 Å². The lowest BCUT2D eigenvalue weighted by Gasteiger charge is -2.27. The highest BCUT2D eigenvalue weighted by atomic mass is 16.5. The molecule has 0 radical (unpaired) electrons. The van der Waals surface area contributed by atoms with Crippen LogP contribution >= 0.6 is 0 Å². The van der Waals surface area contributed by atoms with Gasteiger partial charge in [-0.15, -0.1) is 0 Å². The van der Waals surface area contributed by atoms with Crippen molar-refractivity contribution in [1.82, 2.24) is 15.1 Å². The Morgan fingerprint density at radius 3 is 2.61 bits per heavy atom. The molecule has 1 saturated heterocycles. The van der Waals surface area contributed by atoms with Crippen molar-refractivity contribution in [2.24, 2.45) is 0 Å². The zero-order valence-electron chi connectivity index (χ0n) is 20.9. The highest BCUT2D eigenvalue weighted by Crippen LogP contribution is 2.24. The molecule has 0 spiro atoms. The van der Waals surface area contributed by atoms with Gasteiger partial charge < -0.3 is 19.1 Å². The summed E-state index contributed by atoms with van der Waals surface area (Å²) in [7, 11) is 1.71. The minimum Gasteiger partial charge on any atom is -0.497 e. The Hall–Kier alpha value is -3.39. The number of H-pyrrole nitrogens is 1. The van der Waals surface area contributed by atoms with E-state index in [0.717, 1.165) is 74.9 Å². The molecule has 0 bridgehead atoms. The topological polar surface area (TPSA) is 62.8 Å². The largest absolute Gasteiger partial charge is 0.497 e. The summed E-state index contributed by atoms with van der Waals surface area (Å²) >= 11 is 0. The van der Waals surface area contributed by atoms with Crippen molar-refractivity contribution in [3.63, 3.8) is 0 Å². The minimum atomic E-state index is 0.602. The number of anilines is 1. The van der Waals surface area contributed by atoms with E-state index in [2.05, 4.69) is 74.6 Å². The van der Waals surface area contributed by atoms with E-state index in [1.807, 2.05) is 18.3 Å². The summed E-state index contributed by atoms with van der Waals surface area (Å²) in [4.78, 5) is 4.79. The minimum absolute atomic E-state index is 0.602. The fourth-order valence-corrected chi connectivity index (χ4v) is 4.58. The van der Waals surface area contributed by atoms with Crippen molar-refractivity contribution >= 4 is 16.6 Å². The van der Waals surface area contributed by atoms with Gasteiger partial charge in [0.15, 0.2) is 0 Å². The molecular weight excluding hydrogens is 452 g/mol. The number of benzene rings is 3. The van der Waals surface area contributed by atoms with Crippen molar-refractivity contribution in [1.29, 1.82) is 0 Å². The summed E-state index contributed by atoms with van der Waals surface area (Å²) < 4.78 is 16.9. The Morgan fingerprint density at radius 1 is 0.944 bits per heavy atom. The van der Waals surface area contributed by atoms with Gasteiger partial charge in [-0.2, -0.15) is 5.10 Å². The summed E-state index contributed by atoms with van der Waals surface area (Å²) in [5, 5.41) is 8.37. The molecule has 0 atom stereocenters. The number of aromatic nitrogens is 2. The molecule has 36 heavy (non-hydrogen) atoms. The quantitative estimate of drug-likeness (QED) is 0.312. The second kappa shape index (κ2) is 12.0. The second-order valence-electron chi connectivity index (χ2n) is 9.18. The average molecular weight is 487 g/mol. The third kappa shape index (κ3) is 6.43. The van der Waals surface area contributed by atoms with Gasteiger partial charge in [0, 0.05) is 43.8 Å². The van der Waals surface area contributed by atoms with Gasteiger partial charge in [-0.25, -0.2) is 0 Å². The molecule has 188 valence electrons. The molecule has 2 heterocycles. The van der Waals surface area contributed by atoms with Crippen molar-refractivity contribution in [3.05, 3.63) is 89.6 Å². The second-order valence-corrected chi connectivity index (χ2v) is 9.18. The van der Waals surface area contributed by atoms with Crippen LogP contribution in [0.15, 0.2) is 72.9 Å². The van der Waals surface area contributed by atoms with Crippen LogP contribution in [0.3, 0.4) is 0 Å². The van der Waals surface area contributed by atoms with E-state index in [1.54, 1.807) is 7.11 Å². The van der Waals surface area contributed by atoms with Gasteiger partial charge in [0.1, 0.15) is 5.75 Å². The standard InChI is InChI=1S/C29H34N4O3/c1-34-28-7-3-4-23(17-28)20-33(21-24-8-9-26-19-30-31-29(26)18-24)27-6-2-5-25(16-27)22-36-15-12-32-10-13-35-14-11-32/h2-9,16-19H,10-15,20-22H2,1H3,(H,30,31). The van der Waals surface area contributed by atoms with Crippen LogP contribution in [-0.4, -0.2) is 61.7 Å². The van der Waals surface area contributed by atoms with E-state index in [9.17, 15) is 0 Å². The zero-order valence-corrected chi connectivity index (χ0v) is 20.9. The number of hydrogen-bond donors (Lipinski definition) is 1. The maximum Gasteiger partial charge on any atom is 0.119 e. The van der Waals surface area contributed by atoms with Gasteiger partial charge in [-0.1, -0.05) is 36.4 Å². The molecule has 7 heteroatoms. The fraction of sp³-hybridized carbons (Fsp3) is 0.345. The molecule has 0 aliphatic carbocycles. The average Bonchev–Trinajstić information content (AvgIpc) is 3.40. The monoisotopic (exact) mass is 486 g/mol. The van der Waals surface area contributed by atoms with Gasteiger partial charge in [-0.05, 0) is 47.0 Å². The van der Waals surface area contributed by atoms with Crippen LogP contribution in [0.5, 0.6) is 5.75 Å². The molecule has 1 fully saturated rings. The third-order valence-corrected chi connectivity index (χ3v) is 6.59. The van der Waals surface area contributed by atoms with Gasteiger partial charge in [0.2, 0.25) is 0 Å². The van der Waals surface area contributed by atoms with Crippen LogP contribution in [0, 0.1) is 0 Å². The van der Waals surface area contributed by atoms with Crippen LogP contribution in [0.1, 0.15) is 16.7 Å². The molecule has 7 nitrogen and oxygen atoms in total. The molecule has 1 aliphatic rings. The zero-order chi connectivity index (χ0) is 24.6. The van der Waals surface area contributed by atoms with Gasteiger partial charge in [-0.3, -0.25) is 10.00 Å². The summed E-state index contributed by atoms with van der Waals surface area (Å²) in [5.74, 6) is 0.869. The Balaban J connectivity index is 1.30. The number of hydrogen-bond acceptors (Lipinski definition) is 6. The first-order valence-corrected chi connectivity index (χ1v) is 12.5. The molecule has 1 N–H and O–H groups in total. The number of morpholine rings is 1. The molecule has 0 unspecified atom stereocenters. The molecule has 0 amide bonds. The number of rotatable bonds is 11. The summed E-state index contributed by atoms with van der Waals surface area (Å²) in [6.45, 7) is 7.42. The van der Waals surface area contributed by atoms with E-state index in [-0.39, 0.29) is 0 Å². The lowest BCUT2D eigenvalue weighted by atomic mass is 10.1. The normalized spacial score (nSPS) is 14.2. The van der Waals surface area contributed by atoms with Crippen LogP contribution in [0.25, 0.3) is 10.9 Å². The van der Waals surface area contributed by atoms with Gasteiger partial charge in [0.05, 0.1) is 45.3 Å². The Labute approximate surface area is 212 Å². The smallest absolute Gasteiger partial charge is 0.119 e. The number of methoxy groups -OCH3 is 1. The number of ether oxygens (including phenoxy) is 3. The van der Waals surface area contributed by atoms with Crippen LogP contribution in [0.2, 0.25) is 0 Å². The van der Waals surface area contributed by atoms with Crippen LogP contribution in [-0.2, 0) is 29.2 Å². The Kier molecular flexibility index (Phi) is 8.13. The Bertz CT molecular complexity index is 1250. The highest BCUT2D eigenvalue weighted by Gasteiger charge is 2.12. The Morgan fingerprint density at radius 2 is 1.75 bits per heavy atom.